The van der Waals surface area contributed by atoms with Gasteiger partial charge in [0.25, 0.3) is 10.0 Å². The molecule has 0 saturated heterocycles. The second kappa shape index (κ2) is 6.14. The van der Waals surface area contributed by atoms with Crippen LogP contribution in [0.4, 0.5) is 0 Å². The SMILES string of the molecule is CCC(C)(CC)NS(=O)(=O)c1ccc(CCO)s1. The van der Waals surface area contributed by atoms with Gasteiger partial charge in [0.1, 0.15) is 4.21 Å². The first-order chi connectivity index (χ1) is 8.37. The maximum absolute atomic E-state index is 12.2. The van der Waals surface area contributed by atoms with Crippen molar-refractivity contribution in [3.05, 3.63) is 17.0 Å². The minimum Gasteiger partial charge on any atom is -0.396 e. The Hall–Kier alpha value is -0.430. The zero-order valence-electron chi connectivity index (χ0n) is 11.1. The number of thiophene rings is 1. The topological polar surface area (TPSA) is 66.4 Å². The summed E-state index contributed by atoms with van der Waals surface area (Å²) in [6.45, 7) is 5.89. The molecule has 18 heavy (non-hydrogen) atoms. The van der Waals surface area contributed by atoms with Gasteiger partial charge in [0.15, 0.2) is 0 Å². The lowest BCUT2D eigenvalue weighted by molar-refractivity contribution is 0.300. The molecule has 1 aromatic rings. The van der Waals surface area contributed by atoms with Gasteiger partial charge in [-0.2, -0.15) is 0 Å². The van der Waals surface area contributed by atoms with E-state index in [4.69, 9.17) is 5.11 Å². The van der Waals surface area contributed by atoms with Crippen LogP contribution in [0.3, 0.4) is 0 Å². The van der Waals surface area contributed by atoms with Crippen LogP contribution in [0, 0.1) is 0 Å². The van der Waals surface area contributed by atoms with Crippen molar-refractivity contribution < 1.29 is 13.5 Å². The molecule has 2 N–H and O–H groups in total. The second-order valence-electron chi connectivity index (χ2n) is 4.57. The van der Waals surface area contributed by atoms with Gasteiger partial charge in [0.2, 0.25) is 0 Å². The summed E-state index contributed by atoms with van der Waals surface area (Å²) >= 11 is 1.22. The van der Waals surface area contributed by atoms with Gasteiger partial charge in [-0.15, -0.1) is 11.3 Å². The lowest BCUT2D eigenvalue weighted by atomic mass is 9.98. The maximum atomic E-state index is 12.2. The Bertz CT molecular complexity index is 475. The molecule has 0 bridgehead atoms. The molecular formula is C12H21NO3S2. The summed E-state index contributed by atoms with van der Waals surface area (Å²) in [5.74, 6) is 0. The fourth-order valence-corrected chi connectivity index (χ4v) is 4.41. The van der Waals surface area contributed by atoms with E-state index in [-0.39, 0.29) is 6.61 Å². The zero-order valence-corrected chi connectivity index (χ0v) is 12.7. The Morgan fingerprint density at radius 3 is 2.44 bits per heavy atom. The van der Waals surface area contributed by atoms with Crippen LogP contribution < -0.4 is 4.72 Å². The number of aliphatic hydroxyl groups is 1. The van der Waals surface area contributed by atoms with E-state index >= 15 is 0 Å². The van der Waals surface area contributed by atoms with Gasteiger partial charge >= 0.3 is 0 Å². The highest BCUT2D eigenvalue weighted by Crippen LogP contribution is 2.25. The minimum atomic E-state index is -3.45. The quantitative estimate of drug-likeness (QED) is 0.809. The lowest BCUT2D eigenvalue weighted by Gasteiger charge is -2.27. The Labute approximate surface area is 113 Å². The number of aliphatic hydroxyl groups excluding tert-OH is 1. The van der Waals surface area contributed by atoms with Crippen molar-refractivity contribution in [1.82, 2.24) is 4.72 Å². The third kappa shape index (κ3) is 3.78. The molecule has 0 radical (unpaired) electrons. The Kier molecular flexibility index (Phi) is 5.33. The Morgan fingerprint density at radius 1 is 1.33 bits per heavy atom. The molecule has 0 amide bonds. The van der Waals surface area contributed by atoms with Crippen LogP contribution in [0.25, 0.3) is 0 Å². The molecule has 1 aromatic heterocycles. The number of hydrogen-bond donors (Lipinski definition) is 2. The standard InChI is InChI=1S/C12H21NO3S2/c1-4-12(3,5-2)13-18(15,16)11-7-6-10(17-11)8-9-14/h6-7,13-14H,4-5,8-9H2,1-3H3. The molecular weight excluding hydrogens is 270 g/mol. The third-order valence-corrected chi connectivity index (χ3v) is 6.48. The van der Waals surface area contributed by atoms with Crippen LogP contribution in [0.1, 0.15) is 38.5 Å². The van der Waals surface area contributed by atoms with E-state index < -0.39 is 15.6 Å². The Balaban J connectivity index is 2.92. The van der Waals surface area contributed by atoms with Crippen LogP contribution in [0.2, 0.25) is 0 Å². The van der Waals surface area contributed by atoms with E-state index in [0.717, 1.165) is 17.7 Å². The van der Waals surface area contributed by atoms with Gasteiger partial charge < -0.3 is 5.11 Å². The highest BCUT2D eigenvalue weighted by atomic mass is 32.2. The van der Waals surface area contributed by atoms with Gasteiger partial charge in [-0.25, -0.2) is 13.1 Å². The molecule has 0 aromatic carbocycles. The number of rotatable bonds is 7. The van der Waals surface area contributed by atoms with Gasteiger partial charge in [-0.1, -0.05) is 13.8 Å². The average molecular weight is 291 g/mol. The van der Waals surface area contributed by atoms with E-state index in [2.05, 4.69) is 4.72 Å². The van der Waals surface area contributed by atoms with Crippen molar-refractivity contribution in [1.29, 1.82) is 0 Å². The summed E-state index contributed by atoms with van der Waals surface area (Å²) in [5, 5.41) is 8.84. The highest BCUT2D eigenvalue weighted by molar-refractivity contribution is 7.91. The molecule has 104 valence electrons. The lowest BCUT2D eigenvalue weighted by Crippen LogP contribution is -2.44. The van der Waals surface area contributed by atoms with Crippen molar-refractivity contribution in [2.24, 2.45) is 0 Å². The Morgan fingerprint density at radius 2 is 1.94 bits per heavy atom. The molecule has 0 saturated carbocycles. The fraction of sp³-hybridized carbons (Fsp3) is 0.667. The first-order valence-corrected chi connectivity index (χ1v) is 8.40. The van der Waals surface area contributed by atoms with Gasteiger partial charge in [0, 0.05) is 23.4 Å². The molecule has 1 heterocycles. The normalized spacial score (nSPS) is 12.9. The number of nitrogens with one attached hydrogen (secondary N) is 1. The largest absolute Gasteiger partial charge is 0.396 e. The minimum absolute atomic E-state index is 0.0368. The van der Waals surface area contributed by atoms with Crippen LogP contribution in [0.15, 0.2) is 16.3 Å². The molecule has 0 atom stereocenters. The van der Waals surface area contributed by atoms with Crippen LogP contribution in [-0.2, 0) is 16.4 Å². The summed E-state index contributed by atoms with van der Waals surface area (Å²) < 4.78 is 27.5. The first-order valence-electron chi connectivity index (χ1n) is 6.10. The molecule has 0 fully saturated rings. The number of sulfonamides is 1. The van der Waals surface area contributed by atoms with E-state index in [1.165, 1.54) is 11.3 Å². The van der Waals surface area contributed by atoms with E-state index in [9.17, 15) is 8.42 Å². The molecule has 4 nitrogen and oxygen atoms in total. The predicted octanol–water partition coefficient (Wildman–Crippen LogP) is 2.14. The highest BCUT2D eigenvalue weighted by Gasteiger charge is 2.28. The monoisotopic (exact) mass is 291 g/mol. The predicted molar refractivity (Wildman–Crippen MR) is 74.4 cm³/mol. The molecule has 0 unspecified atom stereocenters. The van der Waals surface area contributed by atoms with Crippen LogP contribution in [-0.4, -0.2) is 25.7 Å². The second-order valence-corrected chi connectivity index (χ2v) is 7.65. The van der Waals surface area contributed by atoms with Gasteiger partial charge in [0.05, 0.1) is 0 Å². The molecule has 0 aliphatic heterocycles. The van der Waals surface area contributed by atoms with E-state index in [0.29, 0.717) is 10.6 Å². The third-order valence-electron chi connectivity index (χ3n) is 3.20. The fourth-order valence-electron chi connectivity index (χ4n) is 1.52. The van der Waals surface area contributed by atoms with Crippen molar-refractivity contribution in [3.8, 4) is 0 Å². The van der Waals surface area contributed by atoms with Crippen molar-refractivity contribution in [2.75, 3.05) is 6.61 Å². The maximum Gasteiger partial charge on any atom is 0.250 e. The molecule has 0 aliphatic carbocycles. The smallest absolute Gasteiger partial charge is 0.250 e. The van der Waals surface area contributed by atoms with Crippen LogP contribution in [0.5, 0.6) is 0 Å². The van der Waals surface area contributed by atoms with Crippen molar-refractivity contribution in [2.45, 2.75) is 49.8 Å². The summed E-state index contributed by atoms with van der Waals surface area (Å²) in [7, 11) is -3.45. The molecule has 0 aliphatic rings. The van der Waals surface area contributed by atoms with E-state index in [1.807, 2.05) is 20.8 Å². The summed E-state index contributed by atoms with van der Waals surface area (Å²) in [5.41, 5.74) is -0.403. The average Bonchev–Trinajstić information content (AvgIpc) is 2.78. The zero-order chi connectivity index (χ0) is 13.8. The van der Waals surface area contributed by atoms with E-state index in [1.54, 1.807) is 12.1 Å². The van der Waals surface area contributed by atoms with Crippen molar-refractivity contribution in [3.63, 3.8) is 0 Å². The van der Waals surface area contributed by atoms with Crippen molar-refractivity contribution >= 4 is 21.4 Å². The summed E-state index contributed by atoms with van der Waals surface area (Å²) in [4.78, 5) is 0.882. The first kappa shape index (κ1) is 15.6. The number of hydrogen-bond acceptors (Lipinski definition) is 4. The van der Waals surface area contributed by atoms with Gasteiger partial charge in [-0.05, 0) is 31.9 Å². The summed E-state index contributed by atoms with van der Waals surface area (Å²) in [6, 6.07) is 3.36. The molecule has 0 spiro atoms. The molecule has 1 rings (SSSR count). The van der Waals surface area contributed by atoms with Gasteiger partial charge in [-0.3, -0.25) is 0 Å². The van der Waals surface area contributed by atoms with Crippen LogP contribution >= 0.6 is 11.3 Å². The summed E-state index contributed by atoms with van der Waals surface area (Å²) in [6.07, 6.45) is 1.99. The molecule has 6 heteroatoms.